The van der Waals surface area contributed by atoms with Crippen molar-refractivity contribution in [3.8, 4) is 11.3 Å². The zero-order chi connectivity index (χ0) is 25.4. The number of nitro groups is 1. The van der Waals surface area contributed by atoms with Crippen LogP contribution in [-0.2, 0) is 6.54 Å². The molecule has 0 fully saturated rings. The molecule has 0 atom stereocenters. The Morgan fingerprint density at radius 1 is 1.14 bits per heavy atom. The van der Waals surface area contributed by atoms with E-state index in [1.165, 1.54) is 41.2 Å². The summed E-state index contributed by atoms with van der Waals surface area (Å²) in [5.74, 6) is -0.627. The molecule has 2 aromatic carbocycles. The molecule has 0 spiro atoms. The molecule has 0 bridgehead atoms. The lowest BCUT2D eigenvalue weighted by Gasteiger charge is -2.10. The Hall–Kier alpha value is -5.00. The first kappa shape index (κ1) is 22.8. The zero-order valence-electron chi connectivity index (χ0n) is 19.2. The molecule has 36 heavy (non-hydrogen) atoms. The van der Waals surface area contributed by atoms with Crippen molar-refractivity contribution in [2.45, 2.75) is 20.4 Å². The molecule has 1 amide bonds. The van der Waals surface area contributed by atoms with E-state index in [0.717, 1.165) is 5.56 Å². The predicted octanol–water partition coefficient (Wildman–Crippen LogP) is 3.95. The fraction of sp³-hybridized carbons (Fsp3) is 0.125. The van der Waals surface area contributed by atoms with Gasteiger partial charge in [-0.1, -0.05) is 24.3 Å². The van der Waals surface area contributed by atoms with Crippen molar-refractivity contribution in [1.29, 1.82) is 0 Å². The van der Waals surface area contributed by atoms with Crippen molar-refractivity contribution in [2.24, 2.45) is 0 Å². The molecule has 0 aliphatic carbocycles. The molecule has 0 unspecified atom stereocenters. The van der Waals surface area contributed by atoms with Gasteiger partial charge in [-0.15, -0.1) is 0 Å². The number of benzene rings is 2. The normalized spacial score (nSPS) is 11.1. The molecule has 0 saturated heterocycles. The number of carbonyl (C=O) groups is 1. The predicted molar refractivity (Wildman–Crippen MR) is 128 cm³/mol. The molecule has 0 aliphatic heterocycles. The van der Waals surface area contributed by atoms with E-state index in [1.807, 2.05) is 6.92 Å². The van der Waals surface area contributed by atoms with Gasteiger partial charge in [0.25, 0.3) is 17.4 Å². The van der Waals surface area contributed by atoms with Crippen LogP contribution in [0.3, 0.4) is 0 Å². The third kappa shape index (κ3) is 4.27. The quantitative estimate of drug-likeness (QED) is 0.284. The maximum atomic E-state index is 13.4. The highest BCUT2D eigenvalue weighted by molar-refractivity contribution is 6.04. The van der Waals surface area contributed by atoms with Crippen LogP contribution in [-0.4, -0.2) is 40.2 Å². The first-order valence-corrected chi connectivity index (χ1v) is 10.9. The lowest BCUT2D eigenvalue weighted by atomic mass is 10.1. The number of halogens is 1. The lowest BCUT2D eigenvalue weighted by Crippen LogP contribution is -2.18. The Labute approximate surface area is 203 Å². The molecule has 3 heterocycles. The Balaban J connectivity index is 1.48. The van der Waals surface area contributed by atoms with Gasteiger partial charge >= 0.3 is 0 Å². The number of nitrogens with one attached hydrogen (secondary N) is 1. The molecule has 0 saturated carbocycles. The van der Waals surface area contributed by atoms with Crippen molar-refractivity contribution in [2.75, 3.05) is 5.32 Å². The van der Waals surface area contributed by atoms with Crippen molar-refractivity contribution in [1.82, 2.24) is 29.4 Å². The number of fused-ring (bicyclic) bond motifs is 1. The summed E-state index contributed by atoms with van der Waals surface area (Å²) < 4.78 is 16.3. The second kappa shape index (κ2) is 8.98. The van der Waals surface area contributed by atoms with Gasteiger partial charge in [0, 0.05) is 17.7 Å². The van der Waals surface area contributed by atoms with Crippen LogP contribution in [0.25, 0.3) is 17.0 Å². The van der Waals surface area contributed by atoms with Gasteiger partial charge in [-0.25, -0.2) is 9.37 Å². The third-order valence-electron chi connectivity index (χ3n) is 5.70. The van der Waals surface area contributed by atoms with Gasteiger partial charge in [0.15, 0.2) is 0 Å². The number of hydrogen-bond acceptors (Lipinski definition) is 7. The van der Waals surface area contributed by atoms with Crippen molar-refractivity contribution < 1.29 is 14.1 Å². The molecule has 180 valence electrons. The van der Waals surface area contributed by atoms with Crippen LogP contribution in [0.4, 0.5) is 15.8 Å². The van der Waals surface area contributed by atoms with Crippen LogP contribution in [0, 0.1) is 29.8 Å². The smallest absolute Gasteiger partial charge is 0.274 e. The minimum absolute atomic E-state index is 0.0959. The highest BCUT2D eigenvalue weighted by atomic mass is 19.1. The number of aryl methyl sites for hydroxylation is 1. The van der Waals surface area contributed by atoms with E-state index >= 15 is 0 Å². The summed E-state index contributed by atoms with van der Waals surface area (Å²) in [4.78, 5) is 32.6. The van der Waals surface area contributed by atoms with Gasteiger partial charge in [-0.2, -0.15) is 19.7 Å². The number of anilines is 1. The Bertz CT molecular complexity index is 1620. The van der Waals surface area contributed by atoms with E-state index in [2.05, 4.69) is 25.5 Å². The Morgan fingerprint density at radius 2 is 1.92 bits per heavy atom. The van der Waals surface area contributed by atoms with Crippen molar-refractivity contribution in [3.05, 3.63) is 99.5 Å². The van der Waals surface area contributed by atoms with Crippen LogP contribution in [0.5, 0.6) is 0 Å². The van der Waals surface area contributed by atoms with Gasteiger partial charge in [0.05, 0.1) is 34.2 Å². The molecule has 3 aromatic heterocycles. The second-order valence-electron chi connectivity index (χ2n) is 8.09. The summed E-state index contributed by atoms with van der Waals surface area (Å²) in [7, 11) is 0. The van der Waals surface area contributed by atoms with Gasteiger partial charge in [-0.05, 0) is 37.6 Å². The Kier molecular flexibility index (Phi) is 5.68. The molecule has 1 N–H and O–H groups in total. The summed E-state index contributed by atoms with van der Waals surface area (Å²) in [5, 5.41) is 22.7. The lowest BCUT2D eigenvalue weighted by molar-refractivity contribution is -0.384. The minimum atomic E-state index is -0.498. The molecular weight excluding hydrogens is 467 g/mol. The largest absolute Gasteiger partial charge is 0.317 e. The number of amides is 1. The molecule has 0 radical (unpaired) electrons. The monoisotopic (exact) mass is 486 g/mol. The van der Waals surface area contributed by atoms with E-state index in [4.69, 9.17) is 0 Å². The summed E-state index contributed by atoms with van der Waals surface area (Å²) in [5.41, 5.74) is 3.56. The zero-order valence-corrected chi connectivity index (χ0v) is 19.2. The SMILES string of the molecule is Cc1nn(Cc2ccc(F)cc2)c(C)c1NC(=O)c1cc(-c2cccc([N+](=O)[O-])c2)nc2ncnn12. The summed E-state index contributed by atoms with van der Waals surface area (Å²) in [6, 6.07) is 13.6. The molecular formula is C24H19FN8O3. The van der Waals surface area contributed by atoms with Gasteiger partial charge < -0.3 is 5.32 Å². The summed E-state index contributed by atoms with van der Waals surface area (Å²) >= 11 is 0. The molecule has 11 nitrogen and oxygen atoms in total. The number of carbonyl (C=O) groups excluding carboxylic acids is 1. The molecule has 5 rings (SSSR count). The van der Waals surface area contributed by atoms with Gasteiger partial charge in [0.2, 0.25) is 0 Å². The number of nitro benzene ring substituents is 1. The van der Waals surface area contributed by atoms with E-state index in [1.54, 1.807) is 35.9 Å². The van der Waals surface area contributed by atoms with Gasteiger partial charge in [0.1, 0.15) is 17.8 Å². The number of rotatable bonds is 6. The average Bonchev–Trinajstić information content (AvgIpc) is 3.45. The first-order chi connectivity index (χ1) is 17.3. The fourth-order valence-electron chi connectivity index (χ4n) is 3.87. The van der Waals surface area contributed by atoms with Crippen molar-refractivity contribution in [3.63, 3.8) is 0 Å². The summed E-state index contributed by atoms with van der Waals surface area (Å²) in [6.07, 6.45) is 1.27. The van der Waals surface area contributed by atoms with Crippen molar-refractivity contribution >= 4 is 23.1 Å². The minimum Gasteiger partial charge on any atom is -0.317 e. The van der Waals surface area contributed by atoms with E-state index in [-0.39, 0.29) is 23.0 Å². The molecule has 5 aromatic rings. The maximum Gasteiger partial charge on any atom is 0.274 e. The van der Waals surface area contributed by atoms with E-state index in [9.17, 15) is 19.3 Å². The standard InChI is InChI=1S/C24H19FN8O3/c1-14-22(15(2)31(30-14)12-16-6-8-18(25)9-7-16)29-23(34)21-11-20(28-24-26-13-27-32(21)24)17-4-3-5-19(10-17)33(35)36/h3-11,13H,12H2,1-2H3,(H,29,34). The maximum absolute atomic E-state index is 13.4. The number of aromatic nitrogens is 6. The van der Waals surface area contributed by atoms with Crippen LogP contribution >= 0.6 is 0 Å². The average molecular weight is 486 g/mol. The van der Waals surface area contributed by atoms with Crippen LogP contribution in [0.2, 0.25) is 0 Å². The number of non-ortho nitro benzene ring substituents is 1. The Morgan fingerprint density at radius 3 is 2.67 bits per heavy atom. The fourth-order valence-corrected chi connectivity index (χ4v) is 3.87. The second-order valence-corrected chi connectivity index (χ2v) is 8.09. The van der Waals surface area contributed by atoms with E-state index < -0.39 is 10.8 Å². The van der Waals surface area contributed by atoms with Crippen LogP contribution < -0.4 is 5.32 Å². The summed E-state index contributed by atoms with van der Waals surface area (Å²) in [6.45, 7) is 4.00. The first-order valence-electron chi connectivity index (χ1n) is 10.9. The van der Waals surface area contributed by atoms with Gasteiger partial charge in [-0.3, -0.25) is 19.6 Å². The highest BCUT2D eigenvalue weighted by Gasteiger charge is 2.20. The third-order valence-corrected chi connectivity index (χ3v) is 5.70. The van der Waals surface area contributed by atoms with E-state index in [0.29, 0.717) is 34.9 Å². The highest BCUT2D eigenvalue weighted by Crippen LogP contribution is 2.25. The molecule has 0 aliphatic rings. The van der Waals surface area contributed by atoms with Crippen LogP contribution in [0.15, 0.2) is 60.9 Å². The number of hydrogen-bond donors (Lipinski definition) is 1. The molecule has 12 heteroatoms. The topological polar surface area (TPSA) is 133 Å². The van der Waals surface area contributed by atoms with Crippen LogP contribution in [0.1, 0.15) is 27.4 Å². The number of nitrogens with zero attached hydrogens (tertiary/aromatic N) is 7.